The van der Waals surface area contributed by atoms with Gasteiger partial charge in [-0.1, -0.05) is 0 Å². The molecule has 0 fully saturated rings. The molecule has 0 spiro atoms. The van der Waals surface area contributed by atoms with Gasteiger partial charge in [0.15, 0.2) is 0 Å². The van der Waals surface area contributed by atoms with E-state index in [1.165, 1.54) is 17.3 Å². The molecule has 2 N–H and O–H groups in total. The summed E-state index contributed by atoms with van der Waals surface area (Å²) in [4.78, 5) is 13.7. The number of carbonyl (C=O) groups excluding carboxylic acids is 1. The van der Waals surface area contributed by atoms with Crippen LogP contribution in [0.25, 0.3) is 0 Å². The first-order valence-electron chi connectivity index (χ1n) is 6.29. The zero-order valence-corrected chi connectivity index (χ0v) is 14.4. The second-order valence-electron chi connectivity index (χ2n) is 5.04. The van der Waals surface area contributed by atoms with Crippen LogP contribution in [-0.2, 0) is 4.74 Å². The topological polar surface area (TPSA) is 55.6 Å². The Morgan fingerprint density at radius 1 is 1.41 bits per heavy atom. The quantitative estimate of drug-likeness (QED) is 0.566. The van der Waals surface area contributed by atoms with E-state index in [4.69, 9.17) is 10.5 Å². The summed E-state index contributed by atoms with van der Waals surface area (Å²) >= 11 is -0.466. The number of hydrogen-bond acceptors (Lipinski definition) is 3. The summed E-state index contributed by atoms with van der Waals surface area (Å²) in [5, 5.41) is 0. The summed E-state index contributed by atoms with van der Waals surface area (Å²) in [6, 6.07) is 0. The fourth-order valence-electron chi connectivity index (χ4n) is 1.23. The molecule has 4 nitrogen and oxygen atoms in total. The third kappa shape index (κ3) is 9.71. The fourth-order valence-corrected chi connectivity index (χ4v) is 5.00. The Morgan fingerprint density at radius 2 is 2.06 bits per heavy atom. The molecule has 2 radical (unpaired) electrons. The van der Waals surface area contributed by atoms with E-state index in [-0.39, 0.29) is 6.09 Å². The van der Waals surface area contributed by atoms with Crippen molar-refractivity contribution in [1.29, 1.82) is 0 Å². The fraction of sp³-hybridized carbons (Fsp3) is 0.917. The summed E-state index contributed by atoms with van der Waals surface area (Å²) in [7, 11) is 0. The van der Waals surface area contributed by atoms with Crippen molar-refractivity contribution >= 4 is 27.2 Å². The molecule has 0 aliphatic heterocycles. The Morgan fingerprint density at radius 3 is 2.53 bits per heavy atom. The molecule has 0 aliphatic carbocycles. The van der Waals surface area contributed by atoms with Gasteiger partial charge in [0, 0.05) is 0 Å². The van der Waals surface area contributed by atoms with Crippen LogP contribution in [0.5, 0.6) is 0 Å². The maximum atomic E-state index is 11.9. The van der Waals surface area contributed by atoms with Gasteiger partial charge < -0.3 is 0 Å². The predicted octanol–water partition coefficient (Wildman–Crippen LogP) is 2.06. The molecule has 0 heterocycles. The van der Waals surface area contributed by atoms with Gasteiger partial charge in [-0.2, -0.15) is 0 Å². The minimum absolute atomic E-state index is 0.208. The molecule has 0 saturated heterocycles. The van der Waals surface area contributed by atoms with Crippen molar-refractivity contribution in [2.24, 2.45) is 5.73 Å². The van der Waals surface area contributed by atoms with E-state index >= 15 is 0 Å². The molecule has 0 atom stereocenters. The van der Waals surface area contributed by atoms with Gasteiger partial charge in [-0.25, -0.2) is 0 Å². The summed E-state index contributed by atoms with van der Waals surface area (Å²) in [5.41, 5.74) is 5.11. The van der Waals surface area contributed by atoms with Gasteiger partial charge in [0.2, 0.25) is 0 Å². The summed E-state index contributed by atoms with van der Waals surface area (Å²) in [5.74, 6) is 0. The maximum absolute atomic E-state index is 11.9. The number of hydrogen-bond donors (Lipinski definition) is 1. The van der Waals surface area contributed by atoms with E-state index in [1.54, 1.807) is 4.90 Å². The molecular weight excluding hydrogens is 323 g/mol. The molecule has 0 unspecified atom stereocenters. The number of ether oxygens (including phenoxy) is 1. The number of unbranched alkanes of at least 4 members (excludes halogenated alkanes) is 1. The second kappa shape index (κ2) is 9.02. The Hall–Kier alpha value is 0.0287. The number of rotatable bonds is 7. The average Bonchev–Trinajstić information content (AvgIpc) is 2.20. The molecule has 0 rings (SSSR count). The summed E-state index contributed by atoms with van der Waals surface area (Å²) < 4.78 is 7.60. The SMILES string of the molecule is CCC[CH2][Sn][CH2]N(CCN)C(=O)OC(C)(C)C. The van der Waals surface area contributed by atoms with Crippen LogP contribution in [0.4, 0.5) is 4.79 Å². The van der Waals surface area contributed by atoms with Crippen molar-refractivity contribution in [3.05, 3.63) is 0 Å². The zero-order valence-electron chi connectivity index (χ0n) is 11.6. The van der Waals surface area contributed by atoms with E-state index in [2.05, 4.69) is 6.92 Å². The van der Waals surface area contributed by atoms with Crippen molar-refractivity contribution in [2.45, 2.75) is 50.6 Å². The molecule has 0 aromatic heterocycles. The van der Waals surface area contributed by atoms with Gasteiger partial charge in [0.25, 0.3) is 0 Å². The van der Waals surface area contributed by atoms with E-state index in [0.29, 0.717) is 13.1 Å². The van der Waals surface area contributed by atoms with Gasteiger partial charge in [-0.15, -0.1) is 0 Å². The molecule has 0 aliphatic rings. The number of amides is 1. The minimum atomic E-state index is -0.466. The first kappa shape index (κ1) is 17.0. The van der Waals surface area contributed by atoms with Crippen molar-refractivity contribution in [2.75, 3.05) is 17.7 Å². The van der Waals surface area contributed by atoms with Crippen molar-refractivity contribution < 1.29 is 9.53 Å². The molecule has 0 saturated carbocycles. The van der Waals surface area contributed by atoms with E-state index in [9.17, 15) is 4.79 Å². The van der Waals surface area contributed by atoms with E-state index < -0.39 is 26.7 Å². The van der Waals surface area contributed by atoms with Crippen molar-refractivity contribution in [1.82, 2.24) is 4.90 Å². The van der Waals surface area contributed by atoms with Gasteiger partial charge in [-0.05, 0) is 0 Å². The molecular formula is C12H26N2O2Sn. The summed E-state index contributed by atoms with van der Waals surface area (Å²) in [6.45, 7) is 8.99. The zero-order chi connectivity index (χ0) is 13.3. The van der Waals surface area contributed by atoms with Crippen molar-refractivity contribution in [3.63, 3.8) is 0 Å². The monoisotopic (exact) mass is 350 g/mol. The Kier molecular flexibility index (Phi) is 9.04. The first-order chi connectivity index (χ1) is 7.90. The van der Waals surface area contributed by atoms with Crippen LogP contribution in [0.3, 0.4) is 0 Å². The van der Waals surface area contributed by atoms with Crippen LogP contribution >= 0.6 is 0 Å². The number of nitrogens with zero attached hydrogens (tertiary/aromatic N) is 1. The van der Waals surface area contributed by atoms with Crippen LogP contribution < -0.4 is 5.73 Å². The molecule has 17 heavy (non-hydrogen) atoms. The van der Waals surface area contributed by atoms with Crippen LogP contribution in [0, 0.1) is 0 Å². The molecule has 0 bridgehead atoms. The summed E-state index contributed by atoms with van der Waals surface area (Å²) in [6.07, 6.45) is 2.32. The van der Waals surface area contributed by atoms with Crippen LogP contribution in [0.2, 0.25) is 4.44 Å². The molecule has 1 amide bonds. The van der Waals surface area contributed by atoms with E-state index in [0.717, 1.165) is 4.56 Å². The molecule has 0 aromatic rings. The van der Waals surface area contributed by atoms with Crippen LogP contribution in [-0.4, -0.2) is 55.4 Å². The number of nitrogens with two attached hydrogens (primary N) is 1. The Labute approximate surface area is 115 Å². The predicted molar refractivity (Wildman–Crippen MR) is 72.3 cm³/mol. The third-order valence-corrected chi connectivity index (χ3v) is 5.81. The molecule has 5 heteroatoms. The number of carbonyl (C=O) groups is 1. The van der Waals surface area contributed by atoms with E-state index in [1.807, 2.05) is 20.8 Å². The molecule has 100 valence electrons. The molecule has 0 aromatic carbocycles. The van der Waals surface area contributed by atoms with Gasteiger partial charge in [-0.3, -0.25) is 0 Å². The van der Waals surface area contributed by atoms with Gasteiger partial charge in [0.05, 0.1) is 0 Å². The van der Waals surface area contributed by atoms with Gasteiger partial charge in [0.1, 0.15) is 0 Å². The Bertz CT molecular complexity index is 217. The van der Waals surface area contributed by atoms with Crippen LogP contribution in [0.15, 0.2) is 0 Å². The third-order valence-electron chi connectivity index (χ3n) is 2.06. The van der Waals surface area contributed by atoms with Crippen LogP contribution in [0.1, 0.15) is 40.5 Å². The normalized spacial score (nSPS) is 11.4. The average molecular weight is 349 g/mol. The first-order valence-corrected chi connectivity index (χ1v) is 10.3. The van der Waals surface area contributed by atoms with Gasteiger partial charge >= 0.3 is 116 Å². The second-order valence-corrected chi connectivity index (χ2v) is 8.80. The Balaban J connectivity index is 4.07. The standard InChI is InChI=1S/C8H17N2O2.C4H9.Sn/c1-8(2,3)12-7(11)10(4)6-5-9;1-3-4-2;/h4-6,9H2,1-3H3;1,3-4H2,2H3;. The van der Waals surface area contributed by atoms with Crippen molar-refractivity contribution in [3.8, 4) is 0 Å².